The molecule has 5 rings (SSSR count). The van der Waals surface area contributed by atoms with Crippen LogP contribution in [0.2, 0.25) is 0 Å². The average molecular weight is 450 g/mol. The third-order valence-electron chi connectivity index (χ3n) is 6.84. The van der Waals surface area contributed by atoms with Crippen LogP contribution in [-0.2, 0) is 9.59 Å². The van der Waals surface area contributed by atoms with E-state index < -0.39 is 0 Å². The van der Waals surface area contributed by atoms with Gasteiger partial charge < -0.3 is 9.80 Å². The van der Waals surface area contributed by atoms with Crippen molar-refractivity contribution in [1.29, 1.82) is 0 Å². The van der Waals surface area contributed by atoms with Crippen LogP contribution in [0.4, 0.5) is 11.4 Å². The highest BCUT2D eigenvalue weighted by molar-refractivity contribution is 7.11. The first-order valence-corrected chi connectivity index (χ1v) is 12.7. The predicted octanol–water partition coefficient (Wildman–Crippen LogP) is 5.00. The van der Waals surface area contributed by atoms with Crippen LogP contribution in [-0.4, -0.2) is 42.9 Å². The monoisotopic (exact) mass is 449 g/mol. The van der Waals surface area contributed by atoms with Gasteiger partial charge in [0.05, 0.1) is 11.3 Å². The van der Waals surface area contributed by atoms with Gasteiger partial charge in [0.2, 0.25) is 0 Å². The zero-order valence-electron chi connectivity index (χ0n) is 18.9. The van der Waals surface area contributed by atoms with Gasteiger partial charge in [-0.1, -0.05) is 19.9 Å². The molecule has 2 unspecified atom stereocenters. The lowest BCUT2D eigenvalue weighted by Gasteiger charge is -2.37. The standard InChI is InChI=1S/C26H31N3O2S/c1-18-15-19(2)17-28(16-18)24-23(22-7-6-14-32-22)25(30)29(26(24)31)21-10-8-20(9-11-21)27-12-4-3-5-13-27/h6-11,14,18-19H,3-5,12-13,15-17H2,1-2H3. The molecule has 2 atom stereocenters. The molecule has 3 aliphatic heterocycles. The van der Waals surface area contributed by atoms with Crippen LogP contribution in [0.3, 0.4) is 0 Å². The van der Waals surface area contributed by atoms with Crippen molar-refractivity contribution in [2.75, 3.05) is 36.0 Å². The Labute approximate surface area is 194 Å². The Bertz CT molecular complexity index is 1010. The van der Waals surface area contributed by atoms with E-state index >= 15 is 0 Å². The molecule has 0 spiro atoms. The first kappa shape index (κ1) is 21.3. The van der Waals surface area contributed by atoms with Crippen LogP contribution < -0.4 is 9.80 Å². The molecular weight excluding hydrogens is 418 g/mol. The van der Waals surface area contributed by atoms with E-state index in [1.54, 1.807) is 0 Å². The SMILES string of the molecule is CC1CC(C)CN(C2=C(c3cccs3)C(=O)N(c3ccc(N4CCCCC4)cc3)C2=O)C1. The van der Waals surface area contributed by atoms with Crippen LogP contribution in [0, 0.1) is 11.8 Å². The number of carbonyl (C=O) groups excluding carboxylic acids is 2. The molecule has 0 N–H and O–H groups in total. The number of carbonyl (C=O) groups is 2. The molecule has 5 nitrogen and oxygen atoms in total. The Kier molecular flexibility index (Phi) is 5.80. The molecule has 2 fully saturated rings. The molecule has 3 aliphatic rings. The maximum atomic E-state index is 13.7. The first-order valence-electron chi connectivity index (χ1n) is 11.8. The van der Waals surface area contributed by atoms with E-state index in [4.69, 9.17) is 0 Å². The van der Waals surface area contributed by atoms with Gasteiger partial charge in [-0.3, -0.25) is 9.59 Å². The fourth-order valence-electron chi connectivity index (χ4n) is 5.50. The minimum Gasteiger partial charge on any atom is -0.372 e. The smallest absolute Gasteiger partial charge is 0.282 e. The van der Waals surface area contributed by atoms with E-state index in [1.165, 1.54) is 35.5 Å². The summed E-state index contributed by atoms with van der Waals surface area (Å²) in [4.78, 5) is 34.2. The van der Waals surface area contributed by atoms with Gasteiger partial charge in [0, 0.05) is 36.7 Å². The highest BCUT2D eigenvalue weighted by Gasteiger charge is 2.44. The molecule has 0 saturated carbocycles. The summed E-state index contributed by atoms with van der Waals surface area (Å²) >= 11 is 1.52. The Morgan fingerprint density at radius 2 is 1.47 bits per heavy atom. The zero-order valence-corrected chi connectivity index (χ0v) is 19.7. The van der Waals surface area contributed by atoms with E-state index in [9.17, 15) is 9.59 Å². The summed E-state index contributed by atoms with van der Waals surface area (Å²) in [6, 6.07) is 11.8. The maximum Gasteiger partial charge on any atom is 0.282 e. The van der Waals surface area contributed by atoms with E-state index in [0.717, 1.165) is 43.2 Å². The van der Waals surface area contributed by atoms with Crippen molar-refractivity contribution in [2.24, 2.45) is 11.8 Å². The number of imide groups is 1. The largest absolute Gasteiger partial charge is 0.372 e. The fraction of sp³-hybridized carbons (Fsp3) is 0.462. The Balaban J connectivity index is 1.48. The fourth-order valence-corrected chi connectivity index (χ4v) is 6.26. The molecule has 0 aliphatic carbocycles. The van der Waals surface area contributed by atoms with Crippen molar-refractivity contribution in [3.63, 3.8) is 0 Å². The predicted molar refractivity (Wildman–Crippen MR) is 131 cm³/mol. The topological polar surface area (TPSA) is 43.9 Å². The number of anilines is 2. The highest BCUT2D eigenvalue weighted by Crippen LogP contribution is 2.39. The summed E-state index contributed by atoms with van der Waals surface area (Å²) in [6.07, 6.45) is 4.88. The number of likely N-dealkylation sites (tertiary alicyclic amines) is 1. The van der Waals surface area contributed by atoms with Gasteiger partial charge in [-0.05, 0) is 73.2 Å². The molecule has 0 radical (unpaired) electrons. The molecule has 2 amide bonds. The Hall–Kier alpha value is -2.60. The number of nitrogens with zero attached hydrogens (tertiary/aromatic N) is 3. The summed E-state index contributed by atoms with van der Waals surface area (Å²) in [5.41, 5.74) is 2.96. The van der Waals surface area contributed by atoms with Gasteiger partial charge in [0.25, 0.3) is 11.8 Å². The van der Waals surface area contributed by atoms with Crippen LogP contribution in [0.15, 0.2) is 47.5 Å². The summed E-state index contributed by atoms with van der Waals surface area (Å²) in [6.45, 7) is 8.23. The van der Waals surface area contributed by atoms with Gasteiger partial charge in [-0.2, -0.15) is 0 Å². The van der Waals surface area contributed by atoms with Crippen molar-refractivity contribution < 1.29 is 9.59 Å². The van der Waals surface area contributed by atoms with Gasteiger partial charge in [-0.15, -0.1) is 11.3 Å². The van der Waals surface area contributed by atoms with E-state index in [1.807, 2.05) is 29.6 Å². The molecule has 6 heteroatoms. The second kappa shape index (κ2) is 8.74. The molecule has 168 valence electrons. The van der Waals surface area contributed by atoms with Crippen LogP contribution >= 0.6 is 11.3 Å². The molecule has 32 heavy (non-hydrogen) atoms. The quantitative estimate of drug-likeness (QED) is 0.616. The molecule has 0 bridgehead atoms. The zero-order chi connectivity index (χ0) is 22.2. The Morgan fingerprint density at radius 1 is 0.812 bits per heavy atom. The summed E-state index contributed by atoms with van der Waals surface area (Å²) in [5.74, 6) is 0.600. The third-order valence-corrected chi connectivity index (χ3v) is 7.73. The van der Waals surface area contributed by atoms with Crippen molar-refractivity contribution >= 4 is 40.1 Å². The minimum absolute atomic E-state index is 0.189. The molecular formula is C26H31N3O2S. The average Bonchev–Trinajstić information content (AvgIpc) is 3.40. The van der Waals surface area contributed by atoms with Gasteiger partial charge in [0.15, 0.2) is 0 Å². The number of benzene rings is 1. The van der Waals surface area contributed by atoms with Crippen molar-refractivity contribution in [1.82, 2.24) is 4.90 Å². The van der Waals surface area contributed by atoms with Crippen molar-refractivity contribution in [3.05, 3.63) is 52.4 Å². The first-order chi connectivity index (χ1) is 15.5. The molecule has 2 aromatic rings. The summed E-state index contributed by atoms with van der Waals surface area (Å²) in [7, 11) is 0. The van der Waals surface area contributed by atoms with Crippen LogP contribution in [0.1, 0.15) is 44.4 Å². The lowest BCUT2D eigenvalue weighted by molar-refractivity contribution is -0.120. The van der Waals surface area contributed by atoms with Gasteiger partial charge >= 0.3 is 0 Å². The number of hydrogen-bond acceptors (Lipinski definition) is 5. The molecule has 2 saturated heterocycles. The number of piperidine rings is 2. The molecule has 4 heterocycles. The van der Waals surface area contributed by atoms with E-state index in [0.29, 0.717) is 28.8 Å². The second-order valence-corrected chi connectivity index (χ2v) is 10.5. The van der Waals surface area contributed by atoms with Crippen LogP contribution in [0.25, 0.3) is 5.57 Å². The number of hydrogen-bond donors (Lipinski definition) is 0. The minimum atomic E-state index is -0.205. The summed E-state index contributed by atoms with van der Waals surface area (Å²) in [5, 5.41) is 1.97. The lowest BCUT2D eigenvalue weighted by atomic mass is 9.91. The van der Waals surface area contributed by atoms with E-state index in [2.05, 4.69) is 35.8 Å². The summed E-state index contributed by atoms with van der Waals surface area (Å²) < 4.78 is 0. The van der Waals surface area contributed by atoms with Crippen molar-refractivity contribution in [2.45, 2.75) is 39.5 Å². The van der Waals surface area contributed by atoms with Gasteiger partial charge in [0.1, 0.15) is 5.70 Å². The molecule has 1 aromatic carbocycles. The van der Waals surface area contributed by atoms with Crippen LogP contribution in [0.5, 0.6) is 0 Å². The van der Waals surface area contributed by atoms with Crippen molar-refractivity contribution in [3.8, 4) is 0 Å². The number of rotatable bonds is 4. The third kappa shape index (κ3) is 3.85. The second-order valence-electron chi connectivity index (χ2n) is 9.56. The Morgan fingerprint density at radius 3 is 2.09 bits per heavy atom. The van der Waals surface area contributed by atoms with Gasteiger partial charge in [-0.25, -0.2) is 4.90 Å². The lowest BCUT2D eigenvalue weighted by Crippen LogP contribution is -2.42. The van der Waals surface area contributed by atoms with E-state index in [-0.39, 0.29) is 11.8 Å². The number of amides is 2. The maximum absolute atomic E-state index is 13.7. The highest BCUT2D eigenvalue weighted by atomic mass is 32.1. The number of thiophene rings is 1. The normalized spacial score (nSPS) is 24.6. The molecule has 1 aromatic heterocycles.